The number of aromatic nitrogens is 2. The minimum Gasteiger partial charge on any atom is -0.334 e. The lowest BCUT2D eigenvalue weighted by molar-refractivity contribution is -0.137. The first-order valence-electron chi connectivity index (χ1n) is 9.15. The van der Waals surface area contributed by atoms with E-state index in [9.17, 15) is 13.2 Å². The summed E-state index contributed by atoms with van der Waals surface area (Å²) >= 11 is 0. The lowest BCUT2D eigenvalue weighted by Gasteiger charge is -2.09. The zero-order chi connectivity index (χ0) is 21.0. The van der Waals surface area contributed by atoms with E-state index in [0.29, 0.717) is 17.3 Å². The van der Waals surface area contributed by atoms with Crippen molar-refractivity contribution in [3.63, 3.8) is 0 Å². The third-order valence-corrected chi connectivity index (χ3v) is 4.43. The number of rotatable bonds is 5. The van der Waals surface area contributed by atoms with Gasteiger partial charge in [-0.15, -0.1) is 0 Å². The minimum absolute atomic E-state index is 0.364. The van der Waals surface area contributed by atoms with Gasteiger partial charge in [-0.3, -0.25) is 4.99 Å². The van der Waals surface area contributed by atoms with Crippen molar-refractivity contribution in [2.45, 2.75) is 12.2 Å². The van der Waals surface area contributed by atoms with Crippen LogP contribution in [0.4, 0.5) is 13.2 Å². The molecule has 0 radical (unpaired) electrons. The Hall–Kier alpha value is -3.74. The molecule has 0 saturated heterocycles. The Kier molecular flexibility index (Phi) is 5.43. The Balaban J connectivity index is 1.65. The molecule has 0 amide bonds. The zero-order valence-electron chi connectivity index (χ0n) is 15.6. The molecule has 1 aromatic heterocycles. The number of alkyl halides is 3. The number of halogens is 3. The van der Waals surface area contributed by atoms with Gasteiger partial charge in [-0.1, -0.05) is 65.8 Å². The number of nitrogens with zero attached hydrogens (tertiary/aromatic N) is 3. The third-order valence-electron chi connectivity index (χ3n) is 4.43. The van der Waals surface area contributed by atoms with Crippen LogP contribution in [0.15, 0.2) is 94.4 Å². The second-order valence-electron chi connectivity index (χ2n) is 6.53. The number of benzene rings is 3. The van der Waals surface area contributed by atoms with E-state index in [-0.39, 0.29) is 0 Å². The van der Waals surface area contributed by atoms with Crippen molar-refractivity contribution in [1.82, 2.24) is 10.1 Å². The van der Waals surface area contributed by atoms with Crippen LogP contribution in [0, 0.1) is 0 Å². The van der Waals surface area contributed by atoms with E-state index in [1.165, 1.54) is 18.3 Å². The van der Waals surface area contributed by atoms with E-state index >= 15 is 0 Å². The lowest BCUT2D eigenvalue weighted by atomic mass is 10.1. The van der Waals surface area contributed by atoms with E-state index in [1.54, 1.807) is 0 Å². The van der Waals surface area contributed by atoms with Gasteiger partial charge < -0.3 is 4.52 Å². The lowest BCUT2D eigenvalue weighted by Crippen LogP contribution is -2.04. The van der Waals surface area contributed by atoms with E-state index in [4.69, 9.17) is 4.52 Å². The van der Waals surface area contributed by atoms with Gasteiger partial charge in [-0.25, -0.2) is 0 Å². The molecule has 4 rings (SSSR count). The van der Waals surface area contributed by atoms with E-state index in [1.807, 2.05) is 60.7 Å². The molecule has 4 nitrogen and oxygen atoms in total. The summed E-state index contributed by atoms with van der Waals surface area (Å²) in [4.78, 5) is 9.02. The normalized spacial score (nSPS) is 12.9. The van der Waals surface area contributed by atoms with Crippen LogP contribution in [0.3, 0.4) is 0 Å². The Morgan fingerprint density at radius 1 is 0.833 bits per heavy atom. The molecule has 0 aliphatic carbocycles. The molecule has 0 fully saturated rings. The first kappa shape index (κ1) is 19.6. The smallest absolute Gasteiger partial charge is 0.334 e. The maximum atomic E-state index is 12.8. The highest BCUT2D eigenvalue weighted by atomic mass is 19.4. The molecule has 7 heteroatoms. The van der Waals surface area contributed by atoms with Crippen LogP contribution in [0.25, 0.3) is 11.5 Å². The van der Waals surface area contributed by atoms with Crippen molar-refractivity contribution < 1.29 is 17.7 Å². The topological polar surface area (TPSA) is 51.3 Å². The van der Waals surface area contributed by atoms with Crippen LogP contribution in [0.1, 0.15) is 28.6 Å². The third kappa shape index (κ3) is 4.46. The van der Waals surface area contributed by atoms with Crippen molar-refractivity contribution in [3.05, 3.63) is 107 Å². The maximum absolute atomic E-state index is 12.8. The molecule has 3 aromatic carbocycles. The summed E-state index contributed by atoms with van der Waals surface area (Å²) in [5.41, 5.74) is 1.46. The van der Waals surface area contributed by atoms with Crippen LogP contribution in [-0.4, -0.2) is 16.4 Å². The Bertz CT molecular complexity index is 1120. The van der Waals surface area contributed by atoms with Gasteiger partial charge in [0.15, 0.2) is 0 Å². The minimum atomic E-state index is -4.37. The Morgan fingerprint density at radius 3 is 2.10 bits per heavy atom. The van der Waals surface area contributed by atoms with Crippen molar-refractivity contribution in [1.29, 1.82) is 0 Å². The van der Waals surface area contributed by atoms with E-state index < -0.39 is 17.8 Å². The second-order valence-corrected chi connectivity index (χ2v) is 6.53. The van der Waals surface area contributed by atoms with Gasteiger partial charge in [-0.2, -0.15) is 18.2 Å². The molecule has 0 aliphatic rings. The van der Waals surface area contributed by atoms with Gasteiger partial charge >= 0.3 is 6.18 Å². The summed E-state index contributed by atoms with van der Waals surface area (Å²) in [5.74, 6) is 0.736. The summed E-state index contributed by atoms with van der Waals surface area (Å²) in [7, 11) is 0. The molecule has 150 valence electrons. The maximum Gasteiger partial charge on any atom is 0.416 e. The standard InChI is InChI=1S/C23H16F3N3O/c24-23(25,26)19-13-11-16(12-14-19)15-27-20(17-7-3-1-4-8-17)21-28-22(30-29-21)18-9-5-2-6-10-18/h1-15,20H. The zero-order valence-corrected chi connectivity index (χ0v) is 15.6. The van der Waals surface area contributed by atoms with Gasteiger partial charge in [0.2, 0.25) is 5.82 Å². The highest BCUT2D eigenvalue weighted by Crippen LogP contribution is 2.29. The second kappa shape index (κ2) is 8.32. The fraction of sp³-hybridized carbons (Fsp3) is 0.0870. The highest BCUT2D eigenvalue weighted by Gasteiger charge is 2.29. The molecule has 0 aliphatic heterocycles. The highest BCUT2D eigenvalue weighted by molar-refractivity contribution is 5.80. The average Bonchev–Trinajstić information content (AvgIpc) is 3.25. The van der Waals surface area contributed by atoms with Crippen molar-refractivity contribution in [2.24, 2.45) is 4.99 Å². The monoisotopic (exact) mass is 407 g/mol. The molecule has 30 heavy (non-hydrogen) atoms. The molecular formula is C23H16F3N3O. The summed E-state index contributed by atoms with van der Waals surface area (Å²) in [6.45, 7) is 0. The molecule has 1 unspecified atom stereocenters. The SMILES string of the molecule is FC(F)(F)c1ccc(C=NC(c2ccccc2)c2noc(-c3ccccc3)n2)cc1. The fourth-order valence-electron chi connectivity index (χ4n) is 2.90. The van der Waals surface area contributed by atoms with Gasteiger partial charge in [-0.05, 0) is 35.4 Å². The predicted octanol–water partition coefficient (Wildman–Crippen LogP) is 5.96. The Morgan fingerprint density at radius 2 is 1.47 bits per heavy atom. The molecule has 0 bridgehead atoms. The number of hydrogen-bond acceptors (Lipinski definition) is 4. The van der Waals surface area contributed by atoms with Gasteiger partial charge in [0.25, 0.3) is 5.89 Å². The predicted molar refractivity (Wildman–Crippen MR) is 107 cm³/mol. The van der Waals surface area contributed by atoms with Gasteiger partial charge in [0.1, 0.15) is 6.04 Å². The molecule has 0 spiro atoms. The van der Waals surface area contributed by atoms with Crippen LogP contribution in [0.5, 0.6) is 0 Å². The molecule has 1 heterocycles. The first-order chi connectivity index (χ1) is 14.5. The Labute approximate surface area is 170 Å². The summed E-state index contributed by atoms with van der Waals surface area (Å²) in [6, 6.07) is 23.0. The first-order valence-corrected chi connectivity index (χ1v) is 9.15. The van der Waals surface area contributed by atoms with E-state index in [0.717, 1.165) is 23.3 Å². The largest absolute Gasteiger partial charge is 0.416 e. The van der Waals surface area contributed by atoms with Gasteiger partial charge in [0.05, 0.1) is 5.56 Å². The van der Waals surface area contributed by atoms with Crippen LogP contribution < -0.4 is 0 Å². The fourth-order valence-corrected chi connectivity index (χ4v) is 2.90. The summed E-state index contributed by atoms with van der Waals surface area (Å²) in [5, 5.41) is 4.08. The molecule has 0 N–H and O–H groups in total. The van der Waals surface area contributed by atoms with Crippen LogP contribution in [-0.2, 0) is 6.18 Å². The average molecular weight is 407 g/mol. The van der Waals surface area contributed by atoms with Crippen molar-refractivity contribution in [3.8, 4) is 11.5 Å². The van der Waals surface area contributed by atoms with Crippen LogP contribution in [0.2, 0.25) is 0 Å². The van der Waals surface area contributed by atoms with Crippen LogP contribution >= 0.6 is 0 Å². The molecular weight excluding hydrogens is 391 g/mol. The molecule has 1 atom stereocenters. The quantitative estimate of drug-likeness (QED) is 0.383. The number of aliphatic imine (C=N–C) groups is 1. The van der Waals surface area contributed by atoms with E-state index in [2.05, 4.69) is 15.1 Å². The summed E-state index contributed by atoms with van der Waals surface area (Å²) < 4.78 is 43.7. The number of hydrogen-bond donors (Lipinski definition) is 0. The summed E-state index contributed by atoms with van der Waals surface area (Å²) in [6.07, 6.45) is -2.86. The van der Waals surface area contributed by atoms with Crippen molar-refractivity contribution in [2.75, 3.05) is 0 Å². The molecule has 4 aromatic rings. The molecule has 0 saturated carbocycles. The van der Waals surface area contributed by atoms with Gasteiger partial charge in [0, 0.05) is 11.8 Å². The van der Waals surface area contributed by atoms with Crippen molar-refractivity contribution >= 4 is 6.21 Å².